The fourth-order valence-corrected chi connectivity index (χ4v) is 1.88. The molecule has 0 unspecified atom stereocenters. The van der Waals surface area contributed by atoms with Gasteiger partial charge in [0.1, 0.15) is 17.1 Å². The highest BCUT2D eigenvalue weighted by Gasteiger charge is 2.17. The Morgan fingerprint density at radius 3 is 2.71 bits per heavy atom. The number of aromatic nitrogens is 2. The van der Waals surface area contributed by atoms with Crippen molar-refractivity contribution in [1.82, 2.24) is 9.97 Å². The van der Waals surface area contributed by atoms with Crippen molar-refractivity contribution in [1.29, 1.82) is 0 Å². The summed E-state index contributed by atoms with van der Waals surface area (Å²) < 4.78 is 11.1. The van der Waals surface area contributed by atoms with Gasteiger partial charge in [-0.05, 0) is 0 Å². The first-order valence-electron chi connectivity index (χ1n) is 5.94. The van der Waals surface area contributed by atoms with Crippen LogP contribution in [-0.2, 0) is 4.74 Å². The molecule has 0 bridgehead atoms. The average molecular weight is 257 g/mol. The lowest BCUT2D eigenvalue weighted by Gasteiger charge is -2.23. The molecule has 1 aliphatic rings. The Bertz CT molecular complexity index is 379. The predicted molar refractivity (Wildman–Crippen MR) is 65.6 cm³/mol. The number of hydrogen-bond donors (Lipinski definition) is 0. The van der Waals surface area contributed by atoms with Crippen LogP contribution in [0.1, 0.15) is 38.4 Å². The first-order valence-corrected chi connectivity index (χ1v) is 6.32. The minimum Gasteiger partial charge on any atom is -0.474 e. The van der Waals surface area contributed by atoms with Crippen LogP contribution in [0.15, 0.2) is 6.07 Å². The van der Waals surface area contributed by atoms with Crippen molar-refractivity contribution >= 4 is 11.6 Å². The topological polar surface area (TPSA) is 44.2 Å². The summed E-state index contributed by atoms with van der Waals surface area (Å²) in [4.78, 5) is 8.54. The molecule has 4 nitrogen and oxygen atoms in total. The van der Waals surface area contributed by atoms with Gasteiger partial charge in [-0.3, -0.25) is 0 Å². The van der Waals surface area contributed by atoms with E-state index in [1.54, 1.807) is 6.07 Å². The van der Waals surface area contributed by atoms with Gasteiger partial charge >= 0.3 is 0 Å². The van der Waals surface area contributed by atoms with Crippen LogP contribution in [0.2, 0.25) is 5.15 Å². The van der Waals surface area contributed by atoms with Crippen molar-refractivity contribution in [3.8, 4) is 5.88 Å². The summed E-state index contributed by atoms with van der Waals surface area (Å²) in [7, 11) is 0. The zero-order valence-electron chi connectivity index (χ0n) is 10.1. The minimum absolute atomic E-state index is 0.176. The van der Waals surface area contributed by atoms with E-state index in [4.69, 9.17) is 21.1 Å². The third-order valence-corrected chi connectivity index (χ3v) is 2.85. The maximum Gasteiger partial charge on any atom is 0.218 e. The van der Waals surface area contributed by atoms with Crippen molar-refractivity contribution < 1.29 is 9.47 Å². The van der Waals surface area contributed by atoms with Crippen LogP contribution < -0.4 is 4.74 Å². The highest BCUT2D eigenvalue weighted by Crippen LogP contribution is 2.21. The Morgan fingerprint density at radius 2 is 2.06 bits per heavy atom. The Morgan fingerprint density at radius 1 is 1.35 bits per heavy atom. The van der Waals surface area contributed by atoms with Gasteiger partial charge in [-0.2, -0.15) is 4.98 Å². The molecule has 1 aliphatic heterocycles. The maximum absolute atomic E-state index is 5.96. The van der Waals surface area contributed by atoms with E-state index in [0.717, 1.165) is 31.9 Å². The molecule has 1 aromatic heterocycles. The third kappa shape index (κ3) is 3.54. The Balaban J connectivity index is 2.09. The fourth-order valence-electron chi connectivity index (χ4n) is 1.70. The second-order valence-electron chi connectivity index (χ2n) is 4.47. The SMILES string of the molecule is CC(C)c1nc(Cl)cc(OC2CCOCC2)n1. The molecule has 0 N–H and O–H groups in total. The van der Waals surface area contributed by atoms with Crippen LogP contribution in [0.3, 0.4) is 0 Å². The molecule has 1 aromatic rings. The molecular weight excluding hydrogens is 240 g/mol. The zero-order valence-corrected chi connectivity index (χ0v) is 10.9. The Labute approximate surface area is 106 Å². The molecule has 0 radical (unpaired) electrons. The molecule has 1 fully saturated rings. The van der Waals surface area contributed by atoms with E-state index in [-0.39, 0.29) is 12.0 Å². The standard InChI is InChI=1S/C12H17ClN2O2/c1-8(2)12-14-10(13)7-11(15-12)17-9-3-5-16-6-4-9/h7-9H,3-6H2,1-2H3. The molecule has 0 atom stereocenters. The fraction of sp³-hybridized carbons (Fsp3) is 0.667. The van der Waals surface area contributed by atoms with Crippen LogP contribution in [-0.4, -0.2) is 29.3 Å². The van der Waals surface area contributed by atoms with E-state index in [9.17, 15) is 0 Å². The van der Waals surface area contributed by atoms with Gasteiger partial charge in [0, 0.05) is 24.8 Å². The summed E-state index contributed by atoms with van der Waals surface area (Å²) in [5, 5.41) is 0.436. The van der Waals surface area contributed by atoms with Gasteiger partial charge < -0.3 is 9.47 Å². The minimum atomic E-state index is 0.176. The van der Waals surface area contributed by atoms with E-state index in [1.807, 2.05) is 13.8 Å². The van der Waals surface area contributed by atoms with Gasteiger partial charge in [-0.25, -0.2) is 4.98 Å². The van der Waals surface area contributed by atoms with E-state index in [1.165, 1.54) is 0 Å². The molecule has 2 heterocycles. The number of nitrogens with zero attached hydrogens (tertiary/aromatic N) is 2. The molecular formula is C12H17ClN2O2. The summed E-state index contributed by atoms with van der Waals surface area (Å²) in [6, 6.07) is 1.67. The van der Waals surface area contributed by atoms with Gasteiger partial charge in [0.05, 0.1) is 13.2 Å². The highest BCUT2D eigenvalue weighted by molar-refractivity contribution is 6.29. The Kier molecular flexibility index (Phi) is 4.18. The molecule has 0 aliphatic carbocycles. The van der Waals surface area contributed by atoms with Crippen molar-refractivity contribution in [3.05, 3.63) is 17.0 Å². The number of hydrogen-bond acceptors (Lipinski definition) is 4. The largest absolute Gasteiger partial charge is 0.474 e. The number of halogens is 1. The van der Waals surface area contributed by atoms with Gasteiger partial charge in [0.15, 0.2) is 0 Å². The highest BCUT2D eigenvalue weighted by atomic mass is 35.5. The predicted octanol–water partition coefficient (Wildman–Crippen LogP) is 2.81. The first-order chi connectivity index (χ1) is 8.15. The van der Waals surface area contributed by atoms with Crippen LogP contribution in [0.4, 0.5) is 0 Å². The van der Waals surface area contributed by atoms with Crippen LogP contribution >= 0.6 is 11.6 Å². The van der Waals surface area contributed by atoms with Gasteiger partial charge in [-0.15, -0.1) is 0 Å². The first kappa shape index (κ1) is 12.6. The molecule has 0 amide bonds. The molecule has 0 saturated carbocycles. The lowest BCUT2D eigenvalue weighted by molar-refractivity contribution is 0.0236. The summed E-state index contributed by atoms with van der Waals surface area (Å²) in [5.41, 5.74) is 0. The van der Waals surface area contributed by atoms with Gasteiger partial charge in [0.2, 0.25) is 5.88 Å². The van der Waals surface area contributed by atoms with Crippen LogP contribution in [0.5, 0.6) is 5.88 Å². The molecule has 2 rings (SSSR count). The third-order valence-electron chi connectivity index (χ3n) is 2.66. The lowest BCUT2D eigenvalue weighted by Crippen LogP contribution is -2.26. The second-order valence-corrected chi connectivity index (χ2v) is 4.86. The van der Waals surface area contributed by atoms with E-state index in [0.29, 0.717) is 11.0 Å². The molecule has 0 spiro atoms. The monoisotopic (exact) mass is 256 g/mol. The van der Waals surface area contributed by atoms with Crippen molar-refractivity contribution in [3.63, 3.8) is 0 Å². The smallest absolute Gasteiger partial charge is 0.218 e. The lowest BCUT2D eigenvalue weighted by atomic mass is 10.1. The quantitative estimate of drug-likeness (QED) is 0.780. The number of rotatable bonds is 3. The van der Waals surface area contributed by atoms with Crippen LogP contribution in [0, 0.1) is 0 Å². The Hall–Kier alpha value is -0.870. The molecule has 0 aromatic carbocycles. The van der Waals surface area contributed by atoms with Crippen molar-refractivity contribution in [2.75, 3.05) is 13.2 Å². The van der Waals surface area contributed by atoms with E-state index in [2.05, 4.69) is 9.97 Å². The second kappa shape index (κ2) is 5.65. The molecule has 94 valence electrons. The normalized spacial score (nSPS) is 17.4. The molecule has 17 heavy (non-hydrogen) atoms. The van der Waals surface area contributed by atoms with Gasteiger partial charge in [-0.1, -0.05) is 25.4 Å². The van der Waals surface area contributed by atoms with Crippen molar-refractivity contribution in [2.24, 2.45) is 0 Å². The van der Waals surface area contributed by atoms with Gasteiger partial charge in [0.25, 0.3) is 0 Å². The zero-order chi connectivity index (χ0) is 12.3. The van der Waals surface area contributed by atoms with Crippen molar-refractivity contribution in [2.45, 2.75) is 38.7 Å². The van der Waals surface area contributed by atoms with E-state index >= 15 is 0 Å². The summed E-state index contributed by atoms with van der Waals surface area (Å²) >= 11 is 5.96. The maximum atomic E-state index is 5.96. The summed E-state index contributed by atoms with van der Waals surface area (Å²) in [5.74, 6) is 1.53. The summed E-state index contributed by atoms with van der Waals surface area (Å²) in [6.45, 7) is 5.56. The number of ether oxygens (including phenoxy) is 2. The summed E-state index contributed by atoms with van der Waals surface area (Å²) in [6.07, 6.45) is 1.98. The average Bonchev–Trinajstić information content (AvgIpc) is 2.29. The van der Waals surface area contributed by atoms with E-state index < -0.39 is 0 Å². The molecule has 5 heteroatoms. The van der Waals surface area contributed by atoms with Crippen LogP contribution in [0.25, 0.3) is 0 Å². The molecule has 1 saturated heterocycles.